The van der Waals surface area contributed by atoms with Crippen LogP contribution >= 0.6 is 11.5 Å². The molecule has 6 N–H and O–H groups in total. The number of aromatic nitrogens is 3. The van der Waals surface area contributed by atoms with Crippen molar-refractivity contribution in [2.75, 3.05) is 10.6 Å². The molecule has 0 fully saturated rings. The highest BCUT2D eigenvalue weighted by atomic mass is 32.1. The Morgan fingerprint density at radius 2 is 2.08 bits per heavy atom. The van der Waals surface area contributed by atoms with Crippen LogP contribution in [0.2, 0.25) is 0 Å². The van der Waals surface area contributed by atoms with Gasteiger partial charge in [-0.1, -0.05) is 0 Å². The van der Waals surface area contributed by atoms with E-state index >= 15 is 0 Å². The molecule has 0 bridgehead atoms. The Kier molecular flexibility index (Phi) is 5.75. The molecule has 134 valence electrons. The second-order valence-corrected chi connectivity index (χ2v) is 5.81. The van der Waals surface area contributed by atoms with E-state index in [2.05, 4.69) is 25.0 Å². The normalized spacial score (nSPS) is 12.0. The Morgan fingerprint density at radius 1 is 1.36 bits per heavy atom. The molecule has 0 aliphatic rings. The minimum atomic E-state index is -2.74. The average Bonchev–Trinajstić information content (AvgIpc) is 2.91. The predicted molar refractivity (Wildman–Crippen MR) is 87.9 cm³/mol. The average molecular weight is 371 g/mol. The molecule has 0 aliphatic carbocycles. The summed E-state index contributed by atoms with van der Waals surface area (Å²) in [5.41, 5.74) is 10.9. The molecule has 2 aromatic heterocycles. The molecule has 1 atom stereocenters. The second-order valence-electron chi connectivity index (χ2n) is 5.00. The molecule has 12 heteroatoms. The van der Waals surface area contributed by atoms with Gasteiger partial charge in [0.25, 0.3) is 5.91 Å². The lowest BCUT2D eigenvalue weighted by atomic mass is 10.2. The van der Waals surface area contributed by atoms with Crippen LogP contribution in [0, 0.1) is 6.92 Å². The SMILES string of the molecule is Cc1cc(Nc2nc(N[C@H](CC(F)F)C(N)=O)cnc2C(N)=O)sn1. The fourth-order valence-corrected chi connectivity index (χ4v) is 2.53. The van der Waals surface area contributed by atoms with Crippen molar-refractivity contribution < 1.29 is 18.4 Å². The highest BCUT2D eigenvalue weighted by Gasteiger charge is 2.22. The standard InChI is InChI=1S/C13H15F2N7O2S/c1-5-2-9(25-22-5)21-13-10(12(17)24)18-4-8(20-13)19-6(11(16)23)3-7(14)15/h2,4,6-7H,3H2,1H3,(H2,16,23)(H2,17,24)(H2,19,20,21)/t6-/m1/s1. The Bertz CT molecular complexity index is 783. The topological polar surface area (TPSA) is 149 Å². The van der Waals surface area contributed by atoms with Crippen molar-refractivity contribution in [1.82, 2.24) is 14.3 Å². The fourth-order valence-electron chi connectivity index (χ4n) is 1.87. The zero-order valence-electron chi connectivity index (χ0n) is 13.0. The first-order chi connectivity index (χ1) is 11.8. The predicted octanol–water partition coefficient (Wildman–Crippen LogP) is 1.01. The van der Waals surface area contributed by atoms with Gasteiger partial charge in [0.05, 0.1) is 11.9 Å². The zero-order valence-corrected chi connectivity index (χ0v) is 13.8. The van der Waals surface area contributed by atoms with Gasteiger partial charge in [0.2, 0.25) is 12.3 Å². The number of halogens is 2. The van der Waals surface area contributed by atoms with Gasteiger partial charge >= 0.3 is 0 Å². The fraction of sp³-hybridized carbons (Fsp3) is 0.308. The number of primary amides is 2. The molecule has 2 amide bonds. The summed E-state index contributed by atoms with van der Waals surface area (Å²) in [5.74, 6) is -1.81. The maximum Gasteiger partial charge on any atom is 0.271 e. The summed E-state index contributed by atoms with van der Waals surface area (Å²) in [4.78, 5) is 30.7. The monoisotopic (exact) mass is 371 g/mol. The summed E-state index contributed by atoms with van der Waals surface area (Å²) >= 11 is 1.12. The van der Waals surface area contributed by atoms with E-state index in [0.29, 0.717) is 5.00 Å². The van der Waals surface area contributed by atoms with E-state index < -0.39 is 30.7 Å². The smallest absolute Gasteiger partial charge is 0.271 e. The van der Waals surface area contributed by atoms with Gasteiger partial charge in [0.1, 0.15) is 16.9 Å². The second kappa shape index (κ2) is 7.79. The largest absolute Gasteiger partial charge is 0.368 e. The first-order valence-corrected chi connectivity index (χ1v) is 7.74. The van der Waals surface area contributed by atoms with Crippen molar-refractivity contribution in [3.8, 4) is 0 Å². The molecule has 0 saturated heterocycles. The minimum Gasteiger partial charge on any atom is -0.368 e. The van der Waals surface area contributed by atoms with E-state index in [1.165, 1.54) is 0 Å². The molecule has 2 heterocycles. The molecule has 0 spiro atoms. The highest BCUT2D eigenvalue weighted by molar-refractivity contribution is 7.10. The Labute approximate surface area is 145 Å². The van der Waals surface area contributed by atoms with Gasteiger partial charge in [-0.25, -0.2) is 18.7 Å². The zero-order chi connectivity index (χ0) is 18.6. The van der Waals surface area contributed by atoms with Gasteiger partial charge in [-0.3, -0.25) is 9.59 Å². The Balaban J connectivity index is 2.29. The number of carbonyl (C=O) groups is 2. The van der Waals surface area contributed by atoms with E-state index in [1.807, 2.05) is 0 Å². The Morgan fingerprint density at radius 3 is 2.60 bits per heavy atom. The molecular formula is C13H15F2N7O2S. The number of anilines is 3. The third kappa shape index (κ3) is 5.04. The van der Waals surface area contributed by atoms with E-state index in [4.69, 9.17) is 11.5 Å². The first-order valence-electron chi connectivity index (χ1n) is 6.97. The van der Waals surface area contributed by atoms with Crippen molar-refractivity contribution in [3.05, 3.63) is 23.7 Å². The van der Waals surface area contributed by atoms with Gasteiger partial charge in [0.15, 0.2) is 11.5 Å². The number of rotatable bonds is 8. The van der Waals surface area contributed by atoms with Crippen molar-refractivity contribution in [3.63, 3.8) is 0 Å². The van der Waals surface area contributed by atoms with Crippen LogP contribution in [-0.2, 0) is 4.79 Å². The van der Waals surface area contributed by atoms with Crippen molar-refractivity contribution >= 4 is 40.0 Å². The molecule has 2 rings (SSSR count). The summed E-state index contributed by atoms with van der Waals surface area (Å²) in [6, 6.07) is 0.368. The number of carbonyl (C=O) groups excluding carboxylic acids is 2. The third-order valence-electron chi connectivity index (χ3n) is 2.95. The minimum absolute atomic E-state index is 0.00131. The molecule has 0 radical (unpaired) electrons. The van der Waals surface area contributed by atoms with E-state index in [-0.39, 0.29) is 17.3 Å². The van der Waals surface area contributed by atoms with E-state index in [1.54, 1.807) is 13.0 Å². The third-order valence-corrected chi connectivity index (χ3v) is 3.75. The number of aryl methyl sites for hydroxylation is 1. The number of amides is 2. The summed E-state index contributed by atoms with van der Waals surface area (Å²) < 4.78 is 29.1. The summed E-state index contributed by atoms with van der Waals surface area (Å²) in [6.07, 6.45) is -2.42. The highest BCUT2D eigenvalue weighted by Crippen LogP contribution is 2.23. The van der Waals surface area contributed by atoms with Crippen LogP contribution in [-0.4, -0.2) is 38.6 Å². The van der Waals surface area contributed by atoms with Crippen LogP contribution < -0.4 is 22.1 Å². The molecular weight excluding hydrogens is 356 g/mol. The van der Waals surface area contributed by atoms with Crippen LogP contribution in [0.25, 0.3) is 0 Å². The van der Waals surface area contributed by atoms with Gasteiger partial charge in [-0.05, 0) is 24.5 Å². The van der Waals surface area contributed by atoms with Gasteiger partial charge in [-0.15, -0.1) is 0 Å². The molecule has 0 aromatic carbocycles. The lowest BCUT2D eigenvalue weighted by Crippen LogP contribution is -2.37. The lowest BCUT2D eigenvalue weighted by Gasteiger charge is -2.16. The van der Waals surface area contributed by atoms with Gasteiger partial charge in [0, 0.05) is 6.42 Å². The quantitative estimate of drug-likeness (QED) is 0.541. The van der Waals surface area contributed by atoms with Crippen LogP contribution in [0.15, 0.2) is 12.3 Å². The van der Waals surface area contributed by atoms with Crippen molar-refractivity contribution in [2.45, 2.75) is 25.8 Å². The van der Waals surface area contributed by atoms with Crippen LogP contribution in [0.5, 0.6) is 0 Å². The molecule has 0 unspecified atom stereocenters. The van der Waals surface area contributed by atoms with E-state index in [0.717, 1.165) is 23.4 Å². The number of alkyl halides is 2. The summed E-state index contributed by atoms with van der Waals surface area (Å²) in [5, 5.41) is 5.88. The van der Waals surface area contributed by atoms with Crippen LogP contribution in [0.4, 0.5) is 25.4 Å². The molecule has 0 aliphatic heterocycles. The van der Waals surface area contributed by atoms with E-state index in [9.17, 15) is 18.4 Å². The lowest BCUT2D eigenvalue weighted by molar-refractivity contribution is -0.119. The maximum absolute atomic E-state index is 12.5. The molecule has 2 aromatic rings. The van der Waals surface area contributed by atoms with Gasteiger partial charge < -0.3 is 22.1 Å². The molecule has 0 saturated carbocycles. The molecule has 9 nitrogen and oxygen atoms in total. The van der Waals surface area contributed by atoms with Crippen molar-refractivity contribution in [1.29, 1.82) is 0 Å². The van der Waals surface area contributed by atoms with Crippen molar-refractivity contribution in [2.24, 2.45) is 11.5 Å². The number of nitrogens with zero attached hydrogens (tertiary/aromatic N) is 3. The van der Waals surface area contributed by atoms with Crippen LogP contribution in [0.3, 0.4) is 0 Å². The maximum atomic E-state index is 12.5. The molecule has 25 heavy (non-hydrogen) atoms. The summed E-state index contributed by atoms with van der Waals surface area (Å²) in [6.45, 7) is 1.78. The van der Waals surface area contributed by atoms with Gasteiger partial charge in [-0.2, -0.15) is 4.37 Å². The first kappa shape index (κ1) is 18.4. The summed E-state index contributed by atoms with van der Waals surface area (Å²) in [7, 11) is 0. The number of hydrogen-bond donors (Lipinski definition) is 4. The number of hydrogen-bond acceptors (Lipinski definition) is 8. The Hall–Kier alpha value is -2.89. The number of nitrogens with one attached hydrogen (secondary N) is 2. The number of nitrogens with two attached hydrogens (primary N) is 2. The van der Waals surface area contributed by atoms with Crippen LogP contribution in [0.1, 0.15) is 22.6 Å².